The topological polar surface area (TPSA) is 9.23 Å². The molecule has 0 saturated carbocycles. The molecule has 0 aromatic heterocycles. The van der Waals surface area contributed by atoms with E-state index in [0.29, 0.717) is 0 Å². The van der Waals surface area contributed by atoms with Crippen LogP contribution in [0.15, 0.2) is 46.7 Å². The Balaban J connectivity index is 1.98. The van der Waals surface area contributed by atoms with Gasteiger partial charge in [-0.15, -0.1) is 0 Å². The Kier molecular flexibility index (Phi) is 3.32. The SMILES string of the molecule is CC1=CC=C(OC2CC=CC=C2Cl)CC1. The van der Waals surface area contributed by atoms with Gasteiger partial charge in [-0.25, -0.2) is 0 Å². The molecular weight excluding hydrogens is 208 g/mol. The van der Waals surface area contributed by atoms with Crippen LogP contribution in [0.3, 0.4) is 0 Å². The van der Waals surface area contributed by atoms with Crippen molar-refractivity contribution in [3.05, 3.63) is 46.7 Å². The Bertz CT molecular complexity index is 361. The van der Waals surface area contributed by atoms with Gasteiger partial charge in [0.1, 0.15) is 6.10 Å². The molecule has 0 radical (unpaired) electrons. The van der Waals surface area contributed by atoms with Crippen molar-refractivity contribution < 1.29 is 4.74 Å². The van der Waals surface area contributed by atoms with Crippen molar-refractivity contribution in [1.82, 2.24) is 0 Å². The predicted octanol–water partition coefficient (Wildman–Crippen LogP) is 4.08. The minimum Gasteiger partial charge on any atom is -0.489 e. The van der Waals surface area contributed by atoms with Crippen LogP contribution in [-0.2, 0) is 4.74 Å². The molecule has 2 aliphatic carbocycles. The molecule has 1 atom stereocenters. The molecule has 15 heavy (non-hydrogen) atoms. The first-order valence-corrected chi connectivity index (χ1v) is 5.69. The highest BCUT2D eigenvalue weighted by atomic mass is 35.5. The summed E-state index contributed by atoms with van der Waals surface area (Å²) in [6, 6.07) is 0. The van der Waals surface area contributed by atoms with Gasteiger partial charge in [0.2, 0.25) is 0 Å². The second-order valence-corrected chi connectivity index (χ2v) is 4.40. The monoisotopic (exact) mass is 222 g/mol. The highest BCUT2D eigenvalue weighted by Crippen LogP contribution is 2.26. The van der Waals surface area contributed by atoms with Crippen LogP contribution in [0.4, 0.5) is 0 Å². The van der Waals surface area contributed by atoms with Gasteiger partial charge in [-0.05, 0) is 25.5 Å². The number of rotatable bonds is 2. The highest BCUT2D eigenvalue weighted by molar-refractivity contribution is 6.30. The van der Waals surface area contributed by atoms with Gasteiger partial charge in [0, 0.05) is 12.8 Å². The first kappa shape index (κ1) is 10.6. The molecule has 1 unspecified atom stereocenters. The summed E-state index contributed by atoms with van der Waals surface area (Å²) < 4.78 is 5.86. The lowest BCUT2D eigenvalue weighted by Crippen LogP contribution is -2.14. The van der Waals surface area contributed by atoms with Crippen LogP contribution in [0.1, 0.15) is 26.2 Å². The maximum Gasteiger partial charge on any atom is 0.137 e. The zero-order valence-electron chi connectivity index (χ0n) is 8.87. The van der Waals surface area contributed by atoms with E-state index in [1.165, 1.54) is 5.57 Å². The number of ether oxygens (including phenoxy) is 1. The van der Waals surface area contributed by atoms with Crippen LogP contribution in [0.5, 0.6) is 0 Å². The molecule has 0 aromatic rings. The van der Waals surface area contributed by atoms with Crippen molar-refractivity contribution in [3.8, 4) is 0 Å². The molecule has 0 heterocycles. The first-order chi connectivity index (χ1) is 7.25. The van der Waals surface area contributed by atoms with Crippen LogP contribution in [0, 0.1) is 0 Å². The third-order valence-corrected chi connectivity index (χ3v) is 3.03. The third-order valence-electron chi connectivity index (χ3n) is 2.66. The largest absolute Gasteiger partial charge is 0.489 e. The van der Waals surface area contributed by atoms with E-state index in [-0.39, 0.29) is 6.10 Å². The molecule has 2 heteroatoms. The summed E-state index contributed by atoms with van der Waals surface area (Å²) in [6.45, 7) is 2.14. The molecule has 1 nitrogen and oxygen atoms in total. The van der Waals surface area contributed by atoms with Crippen LogP contribution in [-0.4, -0.2) is 6.10 Å². The summed E-state index contributed by atoms with van der Waals surface area (Å²) in [5.41, 5.74) is 1.41. The Labute approximate surface area is 95.8 Å². The zero-order chi connectivity index (χ0) is 10.7. The van der Waals surface area contributed by atoms with Crippen LogP contribution >= 0.6 is 11.6 Å². The summed E-state index contributed by atoms with van der Waals surface area (Å²) in [6.07, 6.45) is 13.1. The van der Waals surface area contributed by atoms with E-state index in [9.17, 15) is 0 Å². The maximum absolute atomic E-state index is 6.07. The molecule has 2 rings (SSSR count). The van der Waals surface area contributed by atoms with Gasteiger partial charge in [-0.3, -0.25) is 0 Å². The second kappa shape index (κ2) is 4.71. The van der Waals surface area contributed by atoms with E-state index in [0.717, 1.165) is 30.1 Å². The Morgan fingerprint density at radius 1 is 1.27 bits per heavy atom. The van der Waals surface area contributed by atoms with Gasteiger partial charge < -0.3 is 4.74 Å². The smallest absolute Gasteiger partial charge is 0.137 e. The fourth-order valence-corrected chi connectivity index (χ4v) is 1.90. The molecule has 0 amide bonds. The molecule has 0 aliphatic heterocycles. The van der Waals surface area contributed by atoms with Crippen molar-refractivity contribution in [1.29, 1.82) is 0 Å². The predicted molar refractivity (Wildman–Crippen MR) is 63.6 cm³/mol. The summed E-state index contributed by atoms with van der Waals surface area (Å²) >= 11 is 6.07. The third kappa shape index (κ3) is 2.75. The molecule has 80 valence electrons. The molecule has 0 saturated heterocycles. The molecule has 2 aliphatic rings. The Hall–Kier alpha value is -0.950. The van der Waals surface area contributed by atoms with Crippen molar-refractivity contribution in [2.75, 3.05) is 0 Å². The van der Waals surface area contributed by atoms with Crippen molar-refractivity contribution in [2.45, 2.75) is 32.3 Å². The standard InChI is InChI=1S/C13H15ClO/c1-10-6-8-11(9-7-10)15-13-5-3-2-4-12(13)14/h2-4,6,8,13H,5,7,9H2,1H3. The molecule has 0 aromatic carbocycles. The zero-order valence-corrected chi connectivity index (χ0v) is 9.63. The van der Waals surface area contributed by atoms with E-state index in [1.807, 2.05) is 12.2 Å². The van der Waals surface area contributed by atoms with Gasteiger partial charge in [0.05, 0.1) is 10.8 Å². The van der Waals surface area contributed by atoms with E-state index >= 15 is 0 Å². The summed E-state index contributed by atoms with van der Waals surface area (Å²) in [5.74, 6) is 1.05. The van der Waals surface area contributed by atoms with Crippen LogP contribution < -0.4 is 0 Å². The normalized spacial score (nSPS) is 25.5. The van der Waals surface area contributed by atoms with E-state index in [4.69, 9.17) is 16.3 Å². The van der Waals surface area contributed by atoms with Crippen molar-refractivity contribution in [2.24, 2.45) is 0 Å². The van der Waals surface area contributed by atoms with Crippen LogP contribution in [0.2, 0.25) is 0 Å². The van der Waals surface area contributed by atoms with Crippen LogP contribution in [0.25, 0.3) is 0 Å². The van der Waals surface area contributed by atoms with Crippen molar-refractivity contribution in [3.63, 3.8) is 0 Å². The summed E-state index contributed by atoms with van der Waals surface area (Å²) in [4.78, 5) is 0. The van der Waals surface area contributed by atoms with Gasteiger partial charge in [0.25, 0.3) is 0 Å². The molecule has 0 spiro atoms. The van der Waals surface area contributed by atoms with Crippen molar-refractivity contribution >= 4 is 11.6 Å². The molecular formula is C13H15ClO. The molecule has 0 fully saturated rings. The van der Waals surface area contributed by atoms with E-state index in [2.05, 4.69) is 25.2 Å². The van der Waals surface area contributed by atoms with Gasteiger partial charge >= 0.3 is 0 Å². The van der Waals surface area contributed by atoms with Gasteiger partial charge in [0.15, 0.2) is 0 Å². The molecule has 0 bridgehead atoms. The number of hydrogen-bond donors (Lipinski definition) is 0. The lowest BCUT2D eigenvalue weighted by Gasteiger charge is -2.22. The minimum atomic E-state index is 0.0229. The van der Waals surface area contributed by atoms with Gasteiger partial charge in [-0.1, -0.05) is 35.4 Å². The Morgan fingerprint density at radius 3 is 2.80 bits per heavy atom. The lowest BCUT2D eigenvalue weighted by atomic mass is 10.1. The Morgan fingerprint density at radius 2 is 2.13 bits per heavy atom. The quantitative estimate of drug-likeness (QED) is 0.684. The lowest BCUT2D eigenvalue weighted by molar-refractivity contribution is 0.144. The van der Waals surface area contributed by atoms with E-state index < -0.39 is 0 Å². The van der Waals surface area contributed by atoms with Gasteiger partial charge in [-0.2, -0.15) is 0 Å². The van der Waals surface area contributed by atoms with E-state index in [1.54, 1.807) is 0 Å². The average Bonchev–Trinajstić information content (AvgIpc) is 2.25. The summed E-state index contributed by atoms with van der Waals surface area (Å²) in [5, 5.41) is 0.796. The number of allylic oxidation sites excluding steroid dienone is 6. The maximum atomic E-state index is 6.07. The molecule has 0 N–H and O–H groups in total. The second-order valence-electron chi connectivity index (χ2n) is 3.97. The summed E-state index contributed by atoms with van der Waals surface area (Å²) in [7, 11) is 0. The highest BCUT2D eigenvalue weighted by Gasteiger charge is 2.16. The minimum absolute atomic E-state index is 0.0229. The number of halogens is 1. The fourth-order valence-electron chi connectivity index (χ4n) is 1.69. The average molecular weight is 223 g/mol. The first-order valence-electron chi connectivity index (χ1n) is 5.31. The number of hydrogen-bond acceptors (Lipinski definition) is 1. The fraction of sp³-hybridized carbons (Fsp3) is 0.385.